The van der Waals surface area contributed by atoms with Gasteiger partial charge in [-0.25, -0.2) is 14.4 Å². The van der Waals surface area contributed by atoms with E-state index in [1.54, 1.807) is 24.1 Å². The van der Waals surface area contributed by atoms with Gasteiger partial charge in [-0.05, 0) is 43.9 Å². The molecular weight excluding hydrogens is 411 g/mol. The number of amides is 2. The van der Waals surface area contributed by atoms with E-state index in [-0.39, 0.29) is 23.5 Å². The van der Waals surface area contributed by atoms with Gasteiger partial charge in [-0.15, -0.1) is 0 Å². The molecule has 1 unspecified atom stereocenters. The van der Waals surface area contributed by atoms with Gasteiger partial charge >= 0.3 is 0 Å². The molecule has 0 N–H and O–H groups in total. The van der Waals surface area contributed by atoms with Crippen LogP contribution in [-0.4, -0.2) is 53.5 Å². The molecule has 8 heteroatoms. The normalized spacial score (nSPS) is 18.6. The number of ether oxygens (including phenoxy) is 1. The van der Waals surface area contributed by atoms with E-state index in [1.165, 1.54) is 12.1 Å². The molecule has 1 atom stereocenters. The molecule has 1 fully saturated rings. The van der Waals surface area contributed by atoms with Crippen LogP contribution in [0.3, 0.4) is 0 Å². The van der Waals surface area contributed by atoms with E-state index in [1.807, 2.05) is 11.8 Å². The lowest BCUT2D eigenvalue weighted by Crippen LogP contribution is -2.40. The van der Waals surface area contributed by atoms with Gasteiger partial charge in [0.05, 0.1) is 19.6 Å². The zero-order valence-corrected chi connectivity index (χ0v) is 18.6. The maximum atomic E-state index is 13.3. The summed E-state index contributed by atoms with van der Waals surface area (Å²) in [5.41, 5.74) is 2.71. The van der Waals surface area contributed by atoms with E-state index >= 15 is 0 Å². The first kappa shape index (κ1) is 22.3. The summed E-state index contributed by atoms with van der Waals surface area (Å²) < 4.78 is 18.4. The number of likely N-dealkylation sites (tertiary alicyclic amines) is 1. The topological polar surface area (TPSA) is 75.6 Å². The standard InChI is InChI=1S/C24H29FN4O3/c1-16-20-9-10-22(31)29(14-17-5-7-19(25)8-6-17)24(20)27-23(26-16)18-4-3-12-28(15-18)21(30)11-13-32-2/h5-8,18H,3-4,9-15H2,1-2H3. The fourth-order valence-corrected chi connectivity index (χ4v) is 4.48. The SMILES string of the molecule is COCCC(=O)N1CCCC(c2nc(C)c3c(n2)N(Cc2ccc(F)cc2)C(=O)CC3)C1. The number of carbonyl (C=O) groups excluding carboxylic acids is 2. The largest absolute Gasteiger partial charge is 0.384 e. The molecule has 1 saturated heterocycles. The lowest BCUT2D eigenvalue weighted by atomic mass is 9.95. The molecule has 2 amide bonds. The Morgan fingerprint density at radius 2 is 2.00 bits per heavy atom. The molecule has 1 aromatic heterocycles. The Hall–Kier alpha value is -2.87. The number of nitrogens with zero attached hydrogens (tertiary/aromatic N) is 4. The van der Waals surface area contributed by atoms with Crippen LogP contribution in [0.15, 0.2) is 24.3 Å². The van der Waals surface area contributed by atoms with Gasteiger partial charge in [-0.2, -0.15) is 0 Å². The predicted molar refractivity (Wildman–Crippen MR) is 118 cm³/mol. The Bertz CT molecular complexity index is 995. The molecule has 0 radical (unpaired) electrons. The van der Waals surface area contributed by atoms with E-state index in [0.717, 1.165) is 36.2 Å². The van der Waals surface area contributed by atoms with Crippen molar-refractivity contribution in [1.29, 1.82) is 0 Å². The molecule has 7 nitrogen and oxygen atoms in total. The van der Waals surface area contributed by atoms with E-state index in [9.17, 15) is 14.0 Å². The molecular formula is C24H29FN4O3. The molecule has 0 bridgehead atoms. The van der Waals surface area contributed by atoms with Crippen molar-refractivity contribution < 1.29 is 18.7 Å². The fourth-order valence-electron chi connectivity index (χ4n) is 4.48. The van der Waals surface area contributed by atoms with Gasteiger partial charge in [0, 0.05) is 43.8 Å². The molecule has 0 spiro atoms. The highest BCUT2D eigenvalue weighted by molar-refractivity contribution is 5.95. The molecule has 170 valence electrons. The third kappa shape index (κ3) is 4.80. The van der Waals surface area contributed by atoms with Crippen molar-refractivity contribution in [3.63, 3.8) is 0 Å². The molecule has 3 heterocycles. The van der Waals surface area contributed by atoms with E-state index in [4.69, 9.17) is 14.7 Å². The number of carbonyl (C=O) groups is 2. The van der Waals surface area contributed by atoms with Crippen molar-refractivity contribution in [3.8, 4) is 0 Å². The highest BCUT2D eigenvalue weighted by Crippen LogP contribution is 2.33. The number of methoxy groups -OCH3 is 1. The Labute approximate surface area is 187 Å². The van der Waals surface area contributed by atoms with Gasteiger partial charge < -0.3 is 9.64 Å². The summed E-state index contributed by atoms with van der Waals surface area (Å²) in [4.78, 5) is 38.5. The first-order valence-corrected chi connectivity index (χ1v) is 11.1. The van der Waals surface area contributed by atoms with Gasteiger partial charge in [-0.3, -0.25) is 14.5 Å². The number of hydrogen-bond acceptors (Lipinski definition) is 5. The molecule has 4 rings (SSSR count). The summed E-state index contributed by atoms with van der Waals surface area (Å²) in [6, 6.07) is 6.18. The first-order valence-electron chi connectivity index (χ1n) is 11.1. The van der Waals surface area contributed by atoms with Crippen LogP contribution in [0.4, 0.5) is 10.2 Å². The van der Waals surface area contributed by atoms with Crippen molar-refractivity contribution in [2.75, 3.05) is 31.7 Å². The molecule has 1 aromatic carbocycles. The van der Waals surface area contributed by atoms with Crippen molar-refractivity contribution in [1.82, 2.24) is 14.9 Å². The van der Waals surface area contributed by atoms with E-state index in [0.29, 0.717) is 50.6 Å². The molecule has 0 aliphatic carbocycles. The van der Waals surface area contributed by atoms with Crippen molar-refractivity contribution in [2.24, 2.45) is 0 Å². The van der Waals surface area contributed by atoms with Crippen LogP contribution in [-0.2, 0) is 27.3 Å². The quantitative estimate of drug-likeness (QED) is 0.690. The van der Waals surface area contributed by atoms with Gasteiger partial charge in [-0.1, -0.05) is 12.1 Å². The number of piperidine rings is 1. The van der Waals surface area contributed by atoms with Gasteiger partial charge in [0.25, 0.3) is 0 Å². The van der Waals surface area contributed by atoms with Gasteiger partial charge in [0.1, 0.15) is 17.5 Å². The Morgan fingerprint density at radius 3 is 2.75 bits per heavy atom. The smallest absolute Gasteiger partial charge is 0.228 e. The number of halogens is 1. The summed E-state index contributed by atoms with van der Waals surface area (Å²) in [5, 5.41) is 0. The van der Waals surface area contributed by atoms with E-state index in [2.05, 4.69) is 0 Å². The number of benzene rings is 1. The van der Waals surface area contributed by atoms with Crippen LogP contribution in [0.5, 0.6) is 0 Å². The fraction of sp³-hybridized carbons (Fsp3) is 0.500. The Kier molecular flexibility index (Phi) is 6.79. The maximum absolute atomic E-state index is 13.3. The van der Waals surface area contributed by atoms with Crippen LogP contribution < -0.4 is 4.90 Å². The highest BCUT2D eigenvalue weighted by Gasteiger charge is 2.31. The minimum atomic E-state index is -0.304. The number of aromatic nitrogens is 2. The summed E-state index contributed by atoms with van der Waals surface area (Å²) in [5.74, 6) is 1.15. The maximum Gasteiger partial charge on any atom is 0.228 e. The number of hydrogen-bond donors (Lipinski definition) is 0. The molecule has 2 aromatic rings. The Balaban J connectivity index is 1.60. The minimum Gasteiger partial charge on any atom is -0.384 e. The molecule has 0 saturated carbocycles. The second kappa shape index (κ2) is 9.73. The monoisotopic (exact) mass is 440 g/mol. The summed E-state index contributed by atoms with van der Waals surface area (Å²) in [7, 11) is 1.59. The summed E-state index contributed by atoms with van der Waals surface area (Å²) in [6.07, 6.45) is 3.18. The average molecular weight is 441 g/mol. The van der Waals surface area contributed by atoms with Crippen LogP contribution in [0.2, 0.25) is 0 Å². The Morgan fingerprint density at radius 1 is 1.22 bits per heavy atom. The number of fused-ring (bicyclic) bond motifs is 1. The zero-order valence-electron chi connectivity index (χ0n) is 18.6. The zero-order chi connectivity index (χ0) is 22.7. The van der Waals surface area contributed by atoms with Crippen molar-refractivity contribution >= 4 is 17.6 Å². The molecule has 2 aliphatic rings. The first-order chi connectivity index (χ1) is 15.5. The van der Waals surface area contributed by atoms with Crippen LogP contribution in [0.1, 0.15) is 54.2 Å². The van der Waals surface area contributed by atoms with Gasteiger partial charge in [0.2, 0.25) is 11.8 Å². The third-order valence-corrected chi connectivity index (χ3v) is 6.27. The number of aryl methyl sites for hydroxylation is 1. The predicted octanol–water partition coefficient (Wildman–Crippen LogP) is 3.15. The average Bonchev–Trinajstić information content (AvgIpc) is 2.80. The summed E-state index contributed by atoms with van der Waals surface area (Å²) >= 11 is 0. The molecule has 32 heavy (non-hydrogen) atoms. The second-order valence-corrected chi connectivity index (χ2v) is 8.50. The van der Waals surface area contributed by atoms with Crippen molar-refractivity contribution in [3.05, 3.63) is 52.7 Å². The molecule has 2 aliphatic heterocycles. The minimum absolute atomic E-state index is 0.00545. The van der Waals surface area contributed by atoms with Crippen molar-refractivity contribution in [2.45, 2.75) is 51.5 Å². The highest BCUT2D eigenvalue weighted by atomic mass is 19.1. The lowest BCUT2D eigenvalue weighted by Gasteiger charge is -2.34. The number of anilines is 1. The summed E-state index contributed by atoms with van der Waals surface area (Å²) in [6.45, 7) is 4.02. The van der Waals surface area contributed by atoms with Crippen LogP contribution in [0, 0.1) is 12.7 Å². The third-order valence-electron chi connectivity index (χ3n) is 6.27. The van der Waals surface area contributed by atoms with Crippen LogP contribution in [0.25, 0.3) is 0 Å². The second-order valence-electron chi connectivity index (χ2n) is 8.50. The van der Waals surface area contributed by atoms with E-state index < -0.39 is 0 Å². The van der Waals surface area contributed by atoms with Crippen LogP contribution >= 0.6 is 0 Å². The lowest BCUT2D eigenvalue weighted by molar-refractivity contribution is -0.133. The number of rotatable bonds is 6. The van der Waals surface area contributed by atoms with Gasteiger partial charge in [0.15, 0.2) is 0 Å².